The van der Waals surface area contributed by atoms with Crippen molar-refractivity contribution in [3.8, 4) is 0 Å². The van der Waals surface area contributed by atoms with Gasteiger partial charge in [-0.15, -0.1) is 11.8 Å². The summed E-state index contributed by atoms with van der Waals surface area (Å²) in [6.07, 6.45) is -0.820. The molecule has 10 heteroatoms. The summed E-state index contributed by atoms with van der Waals surface area (Å²) in [5.74, 6) is -0.758. The molecule has 21 heavy (non-hydrogen) atoms. The van der Waals surface area contributed by atoms with Gasteiger partial charge in [-0.1, -0.05) is 0 Å². The number of amides is 1. The number of hydrogen-bond donors (Lipinski definition) is 3. The predicted molar refractivity (Wildman–Crippen MR) is 74.0 cm³/mol. The molecule has 1 aromatic carbocycles. The fraction of sp³-hybridized carbons (Fsp3) is 0.273. The minimum Gasteiger partial charge on any atom is -0.480 e. The first-order chi connectivity index (χ1) is 9.79. The maximum atomic E-state index is 11.0. The molecule has 1 amide bonds. The minimum absolute atomic E-state index is 0.0656. The summed E-state index contributed by atoms with van der Waals surface area (Å²) in [5.41, 5.74) is 0. The van der Waals surface area contributed by atoms with Crippen LogP contribution in [-0.4, -0.2) is 49.0 Å². The van der Waals surface area contributed by atoms with Gasteiger partial charge in [-0.2, -0.15) is 8.42 Å². The Hall–Kier alpha value is -1.78. The van der Waals surface area contributed by atoms with Crippen molar-refractivity contribution in [2.75, 3.05) is 18.9 Å². The lowest BCUT2D eigenvalue weighted by atomic mass is 10.4. The van der Waals surface area contributed by atoms with Crippen LogP contribution in [0.3, 0.4) is 0 Å². The molecule has 8 nitrogen and oxygen atoms in total. The normalized spacial score (nSPS) is 10.9. The third-order valence-electron chi connectivity index (χ3n) is 2.09. The zero-order valence-electron chi connectivity index (χ0n) is 10.7. The van der Waals surface area contributed by atoms with Crippen molar-refractivity contribution in [1.82, 2.24) is 5.32 Å². The SMILES string of the molecule is O=C(O)CNC(=O)OCCSc1ccc(S(=O)(=O)O)cc1. The van der Waals surface area contributed by atoms with E-state index in [9.17, 15) is 18.0 Å². The van der Waals surface area contributed by atoms with Gasteiger partial charge in [0.15, 0.2) is 0 Å². The summed E-state index contributed by atoms with van der Waals surface area (Å²) < 4.78 is 35.2. The van der Waals surface area contributed by atoms with Gasteiger partial charge in [0, 0.05) is 10.6 Å². The van der Waals surface area contributed by atoms with Crippen molar-refractivity contribution in [2.45, 2.75) is 9.79 Å². The van der Waals surface area contributed by atoms with E-state index in [-0.39, 0.29) is 11.5 Å². The fourth-order valence-electron chi connectivity index (χ4n) is 1.20. The minimum atomic E-state index is -4.20. The van der Waals surface area contributed by atoms with Crippen LogP contribution in [0.25, 0.3) is 0 Å². The highest BCUT2D eigenvalue weighted by atomic mass is 32.2. The standard InChI is InChI=1S/C11H13NO7S2/c13-10(14)7-12-11(15)19-5-6-20-8-1-3-9(4-2-8)21(16,17)18/h1-4H,5-7H2,(H,12,15)(H,13,14)(H,16,17,18). The molecule has 116 valence electrons. The van der Waals surface area contributed by atoms with E-state index in [0.29, 0.717) is 5.75 Å². The smallest absolute Gasteiger partial charge is 0.407 e. The van der Waals surface area contributed by atoms with Crippen LogP contribution in [-0.2, 0) is 19.6 Å². The van der Waals surface area contributed by atoms with Gasteiger partial charge in [0.25, 0.3) is 10.1 Å². The van der Waals surface area contributed by atoms with Gasteiger partial charge in [-0.05, 0) is 24.3 Å². The topological polar surface area (TPSA) is 130 Å². The number of carboxylic acid groups (broad SMARTS) is 1. The van der Waals surface area contributed by atoms with Crippen molar-refractivity contribution >= 4 is 33.9 Å². The third kappa shape index (κ3) is 6.97. The van der Waals surface area contributed by atoms with Crippen LogP contribution in [0.1, 0.15) is 0 Å². The largest absolute Gasteiger partial charge is 0.480 e. The van der Waals surface area contributed by atoms with Crippen LogP contribution in [0.4, 0.5) is 4.79 Å². The molecule has 0 spiro atoms. The quantitative estimate of drug-likeness (QED) is 0.379. The summed E-state index contributed by atoms with van der Waals surface area (Å²) >= 11 is 1.31. The lowest BCUT2D eigenvalue weighted by Gasteiger charge is -2.05. The number of aliphatic carboxylic acids is 1. The molecule has 0 saturated carbocycles. The van der Waals surface area contributed by atoms with Gasteiger partial charge in [0.1, 0.15) is 13.2 Å². The molecule has 0 radical (unpaired) electrons. The summed E-state index contributed by atoms with van der Waals surface area (Å²) in [6, 6.07) is 5.55. The Morgan fingerprint density at radius 3 is 2.38 bits per heavy atom. The molecule has 1 aromatic rings. The molecule has 0 aliphatic heterocycles. The molecular weight excluding hydrogens is 322 g/mol. The van der Waals surface area contributed by atoms with Crippen LogP contribution in [0.15, 0.2) is 34.1 Å². The van der Waals surface area contributed by atoms with E-state index in [0.717, 1.165) is 4.90 Å². The zero-order chi connectivity index (χ0) is 15.9. The molecular formula is C11H13NO7S2. The summed E-state index contributed by atoms with van der Waals surface area (Å²) in [6.45, 7) is -0.445. The van der Waals surface area contributed by atoms with E-state index < -0.39 is 28.7 Å². The van der Waals surface area contributed by atoms with Gasteiger partial charge in [0.05, 0.1) is 4.90 Å². The Morgan fingerprint density at radius 1 is 1.24 bits per heavy atom. The number of alkyl carbamates (subject to hydrolysis) is 1. The highest BCUT2D eigenvalue weighted by molar-refractivity contribution is 7.99. The second-order valence-electron chi connectivity index (χ2n) is 3.68. The Bertz CT molecular complexity index is 598. The van der Waals surface area contributed by atoms with Crippen molar-refractivity contribution in [3.05, 3.63) is 24.3 Å². The number of nitrogens with one attached hydrogen (secondary N) is 1. The Labute approximate surface area is 125 Å². The zero-order valence-corrected chi connectivity index (χ0v) is 12.3. The third-order valence-corrected chi connectivity index (χ3v) is 3.93. The van der Waals surface area contributed by atoms with Gasteiger partial charge in [0.2, 0.25) is 0 Å². The van der Waals surface area contributed by atoms with E-state index in [1.165, 1.54) is 36.0 Å². The number of benzene rings is 1. The first-order valence-electron chi connectivity index (χ1n) is 5.62. The van der Waals surface area contributed by atoms with E-state index in [2.05, 4.69) is 0 Å². The number of rotatable bonds is 7. The van der Waals surface area contributed by atoms with Crippen LogP contribution in [0, 0.1) is 0 Å². The second-order valence-corrected chi connectivity index (χ2v) is 6.27. The molecule has 0 aromatic heterocycles. The molecule has 1 rings (SSSR count). The molecule has 0 saturated heterocycles. The van der Waals surface area contributed by atoms with Gasteiger partial charge in [-0.3, -0.25) is 9.35 Å². The van der Waals surface area contributed by atoms with E-state index in [1.807, 2.05) is 5.32 Å². The van der Waals surface area contributed by atoms with E-state index >= 15 is 0 Å². The van der Waals surface area contributed by atoms with Crippen LogP contribution in [0.5, 0.6) is 0 Å². The fourth-order valence-corrected chi connectivity index (χ4v) is 2.41. The lowest BCUT2D eigenvalue weighted by molar-refractivity contribution is -0.135. The highest BCUT2D eigenvalue weighted by Crippen LogP contribution is 2.19. The molecule has 0 atom stereocenters. The van der Waals surface area contributed by atoms with Crippen LogP contribution in [0.2, 0.25) is 0 Å². The Balaban J connectivity index is 2.30. The number of thioether (sulfide) groups is 1. The monoisotopic (exact) mass is 335 g/mol. The lowest BCUT2D eigenvalue weighted by Crippen LogP contribution is -2.30. The summed E-state index contributed by atoms with van der Waals surface area (Å²) in [5, 5.41) is 10.4. The van der Waals surface area contributed by atoms with Crippen molar-refractivity contribution < 1.29 is 32.4 Å². The molecule has 0 bridgehead atoms. The maximum Gasteiger partial charge on any atom is 0.407 e. The van der Waals surface area contributed by atoms with Crippen molar-refractivity contribution in [2.24, 2.45) is 0 Å². The van der Waals surface area contributed by atoms with Gasteiger partial charge >= 0.3 is 12.1 Å². The Kier molecular flexibility index (Phi) is 6.46. The predicted octanol–water partition coefficient (Wildman–Crippen LogP) is 0.836. The number of ether oxygens (including phenoxy) is 1. The average Bonchev–Trinajstić information content (AvgIpc) is 2.41. The molecule has 0 aliphatic carbocycles. The summed E-state index contributed by atoms with van der Waals surface area (Å²) in [7, 11) is -4.20. The molecule has 0 heterocycles. The average molecular weight is 335 g/mol. The summed E-state index contributed by atoms with van der Waals surface area (Å²) in [4.78, 5) is 21.7. The first-order valence-corrected chi connectivity index (χ1v) is 8.04. The number of carbonyl (C=O) groups is 2. The van der Waals surface area contributed by atoms with Gasteiger partial charge in [-0.25, -0.2) is 4.79 Å². The van der Waals surface area contributed by atoms with Crippen LogP contribution < -0.4 is 5.32 Å². The van der Waals surface area contributed by atoms with Crippen molar-refractivity contribution in [1.29, 1.82) is 0 Å². The molecule has 0 fully saturated rings. The second kappa shape index (κ2) is 7.86. The molecule has 0 unspecified atom stereocenters. The van der Waals surface area contributed by atoms with Gasteiger partial charge < -0.3 is 15.2 Å². The first kappa shape index (κ1) is 17.3. The molecule has 3 N–H and O–H groups in total. The maximum absolute atomic E-state index is 11.0. The Morgan fingerprint density at radius 2 is 1.86 bits per heavy atom. The number of carboxylic acids is 1. The number of hydrogen-bond acceptors (Lipinski definition) is 6. The number of carbonyl (C=O) groups excluding carboxylic acids is 1. The highest BCUT2D eigenvalue weighted by Gasteiger charge is 2.08. The van der Waals surface area contributed by atoms with E-state index in [4.69, 9.17) is 14.4 Å². The van der Waals surface area contributed by atoms with E-state index in [1.54, 1.807) is 0 Å². The van der Waals surface area contributed by atoms with Crippen LogP contribution >= 0.6 is 11.8 Å². The molecule has 0 aliphatic rings. The van der Waals surface area contributed by atoms with Crippen molar-refractivity contribution in [3.63, 3.8) is 0 Å².